The maximum atomic E-state index is 10.7. The Balaban J connectivity index is 1.65. The Kier molecular flexibility index (Phi) is 9.02. The summed E-state index contributed by atoms with van der Waals surface area (Å²) in [6.07, 6.45) is 8.71. The number of ether oxygens (including phenoxy) is 1. The van der Waals surface area contributed by atoms with Crippen LogP contribution in [0, 0.1) is 23.7 Å². The van der Waals surface area contributed by atoms with Gasteiger partial charge in [-0.25, -0.2) is 0 Å². The SMILES string of the molecule is CC#CC[C@@H](C)[C@H](O)/C=C/[C@@H]1[C@H]2c3cccc(CCCCNCCC)c3O[C@H]2C[C@H]1O. The summed E-state index contributed by atoms with van der Waals surface area (Å²) in [6.45, 7) is 8.17. The molecule has 0 bridgehead atoms. The van der Waals surface area contributed by atoms with Gasteiger partial charge < -0.3 is 20.3 Å². The molecule has 0 unspecified atom stereocenters. The summed E-state index contributed by atoms with van der Waals surface area (Å²) in [4.78, 5) is 0. The largest absolute Gasteiger partial charge is 0.489 e. The molecule has 1 aliphatic carbocycles. The Hall–Kier alpha value is -1.80. The third kappa shape index (κ3) is 5.92. The fourth-order valence-electron chi connectivity index (χ4n) is 4.85. The minimum absolute atomic E-state index is 0.0209. The van der Waals surface area contributed by atoms with Crippen LogP contribution in [-0.2, 0) is 6.42 Å². The maximum Gasteiger partial charge on any atom is 0.126 e. The van der Waals surface area contributed by atoms with Gasteiger partial charge in [0.15, 0.2) is 0 Å². The van der Waals surface area contributed by atoms with E-state index < -0.39 is 12.2 Å². The zero-order chi connectivity index (χ0) is 22.2. The molecule has 6 atom stereocenters. The Labute approximate surface area is 188 Å². The highest BCUT2D eigenvalue weighted by Crippen LogP contribution is 2.52. The van der Waals surface area contributed by atoms with Crippen molar-refractivity contribution in [2.75, 3.05) is 13.1 Å². The van der Waals surface area contributed by atoms with Crippen molar-refractivity contribution in [3.05, 3.63) is 41.5 Å². The monoisotopic (exact) mass is 425 g/mol. The van der Waals surface area contributed by atoms with Crippen LogP contribution in [0.25, 0.3) is 0 Å². The number of aryl methyl sites for hydroxylation is 1. The van der Waals surface area contributed by atoms with E-state index in [1.54, 1.807) is 0 Å². The minimum Gasteiger partial charge on any atom is -0.489 e. The molecule has 0 saturated heterocycles. The smallest absolute Gasteiger partial charge is 0.126 e. The molecule has 1 aromatic rings. The minimum atomic E-state index is -0.554. The van der Waals surface area contributed by atoms with Crippen LogP contribution < -0.4 is 10.1 Å². The summed E-state index contributed by atoms with van der Waals surface area (Å²) in [5.41, 5.74) is 2.50. The quantitative estimate of drug-likeness (QED) is 0.282. The molecule has 170 valence electrons. The van der Waals surface area contributed by atoms with Crippen LogP contribution >= 0.6 is 0 Å². The van der Waals surface area contributed by atoms with Gasteiger partial charge in [-0.3, -0.25) is 0 Å². The number of fused-ring (bicyclic) bond motifs is 3. The number of para-hydroxylation sites is 1. The highest BCUT2D eigenvalue weighted by molar-refractivity contribution is 5.49. The van der Waals surface area contributed by atoms with Gasteiger partial charge in [-0.05, 0) is 57.2 Å². The average molecular weight is 426 g/mol. The molecule has 4 nitrogen and oxygen atoms in total. The summed E-state index contributed by atoms with van der Waals surface area (Å²) in [6, 6.07) is 6.46. The molecule has 1 fully saturated rings. The molecule has 1 aromatic carbocycles. The molecule has 3 rings (SSSR count). The van der Waals surface area contributed by atoms with Gasteiger partial charge in [0.25, 0.3) is 0 Å². The molecule has 1 aliphatic heterocycles. The molecule has 0 radical (unpaired) electrons. The normalized spacial score (nSPS) is 26.1. The summed E-state index contributed by atoms with van der Waals surface area (Å²) >= 11 is 0. The lowest BCUT2D eigenvalue weighted by Crippen LogP contribution is -2.19. The van der Waals surface area contributed by atoms with E-state index in [9.17, 15) is 10.2 Å². The van der Waals surface area contributed by atoms with E-state index in [1.807, 2.05) is 26.0 Å². The Morgan fingerprint density at radius 1 is 1.29 bits per heavy atom. The second-order valence-electron chi connectivity index (χ2n) is 9.09. The van der Waals surface area contributed by atoms with Gasteiger partial charge >= 0.3 is 0 Å². The van der Waals surface area contributed by atoms with Crippen LogP contribution in [0.1, 0.15) is 69.9 Å². The van der Waals surface area contributed by atoms with Gasteiger partial charge in [0, 0.05) is 30.2 Å². The zero-order valence-corrected chi connectivity index (χ0v) is 19.3. The fourth-order valence-corrected chi connectivity index (χ4v) is 4.85. The number of hydrogen-bond acceptors (Lipinski definition) is 4. The van der Waals surface area contributed by atoms with Crippen molar-refractivity contribution in [3.63, 3.8) is 0 Å². The van der Waals surface area contributed by atoms with E-state index in [0.29, 0.717) is 12.8 Å². The van der Waals surface area contributed by atoms with Crippen molar-refractivity contribution in [3.8, 4) is 17.6 Å². The van der Waals surface area contributed by atoms with E-state index in [1.165, 1.54) is 24.0 Å². The van der Waals surface area contributed by atoms with Gasteiger partial charge in [-0.1, -0.05) is 44.2 Å². The Morgan fingerprint density at radius 2 is 2.13 bits per heavy atom. The Bertz CT molecular complexity index is 793. The predicted molar refractivity (Wildman–Crippen MR) is 126 cm³/mol. The van der Waals surface area contributed by atoms with Crippen molar-refractivity contribution in [2.24, 2.45) is 11.8 Å². The van der Waals surface area contributed by atoms with Gasteiger partial charge in [0.1, 0.15) is 11.9 Å². The molecule has 31 heavy (non-hydrogen) atoms. The Morgan fingerprint density at radius 3 is 2.90 bits per heavy atom. The number of nitrogens with one attached hydrogen (secondary N) is 1. The topological polar surface area (TPSA) is 61.7 Å². The molecule has 0 aromatic heterocycles. The molecule has 1 heterocycles. The van der Waals surface area contributed by atoms with Crippen LogP contribution in [-0.4, -0.2) is 41.6 Å². The molecule has 1 saturated carbocycles. The fraction of sp³-hybridized carbons (Fsp3) is 0.630. The first-order valence-corrected chi connectivity index (χ1v) is 12.0. The second kappa shape index (κ2) is 11.7. The van der Waals surface area contributed by atoms with Crippen molar-refractivity contribution < 1.29 is 14.9 Å². The van der Waals surface area contributed by atoms with E-state index in [2.05, 4.69) is 42.3 Å². The molecule has 4 heteroatoms. The second-order valence-corrected chi connectivity index (χ2v) is 9.09. The number of benzene rings is 1. The maximum absolute atomic E-state index is 10.7. The zero-order valence-electron chi connectivity index (χ0n) is 19.3. The number of aliphatic hydroxyl groups excluding tert-OH is 2. The summed E-state index contributed by atoms with van der Waals surface area (Å²) < 4.78 is 6.38. The first-order chi connectivity index (χ1) is 15.1. The van der Waals surface area contributed by atoms with Crippen LogP contribution in [0.15, 0.2) is 30.4 Å². The number of unbranched alkanes of at least 4 members (excludes halogenated alkanes) is 1. The molecular formula is C27H39NO3. The number of rotatable bonds is 11. The molecule has 3 N–H and O–H groups in total. The average Bonchev–Trinajstić information content (AvgIpc) is 3.27. The van der Waals surface area contributed by atoms with Crippen LogP contribution in [0.2, 0.25) is 0 Å². The van der Waals surface area contributed by atoms with Gasteiger partial charge in [0.2, 0.25) is 0 Å². The number of aliphatic hydroxyl groups is 2. The highest BCUT2D eigenvalue weighted by Gasteiger charge is 2.48. The lowest BCUT2D eigenvalue weighted by Gasteiger charge is -2.19. The molecule has 0 spiro atoms. The van der Waals surface area contributed by atoms with Gasteiger partial charge in [-0.2, -0.15) is 0 Å². The lowest BCUT2D eigenvalue weighted by atomic mass is 9.86. The van der Waals surface area contributed by atoms with Gasteiger partial charge in [-0.15, -0.1) is 11.8 Å². The molecular weight excluding hydrogens is 386 g/mol. The third-order valence-corrected chi connectivity index (χ3v) is 6.68. The first kappa shape index (κ1) is 23.9. The molecule has 2 aliphatic rings. The summed E-state index contributed by atoms with van der Waals surface area (Å²) in [7, 11) is 0. The predicted octanol–water partition coefficient (Wildman–Crippen LogP) is 4.20. The van der Waals surface area contributed by atoms with E-state index in [-0.39, 0.29) is 23.9 Å². The highest BCUT2D eigenvalue weighted by atomic mass is 16.5. The van der Waals surface area contributed by atoms with Crippen molar-refractivity contribution >= 4 is 0 Å². The van der Waals surface area contributed by atoms with Gasteiger partial charge in [0.05, 0.1) is 12.2 Å². The summed E-state index contributed by atoms with van der Waals surface area (Å²) in [5, 5.41) is 24.6. The van der Waals surface area contributed by atoms with Crippen LogP contribution in [0.4, 0.5) is 0 Å². The van der Waals surface area contributed by atoms with E-state index in [4.69, 9.17) is 4.74 Å². The standard InChI is InChI=1S/C27H39NO3/c1-4-6-10-19(3)23(29)15-14-21-24(30)18-25-26(21)22-13-9-12-20(27(22)31-25)11-7-8-17-28-16-5-2/h9,12-15,19,21,23-26,28-30H,5,7-8,10-11,16-18H2,1-3H3/b15-14+/t19-,21+,23-,24-,25+,26+/m1/s1. The first-order valence-electron chi connectivity index (χ1n) is 12.0. The van der Waals surface area contributed by atoms with Crippen molar-refractivity contribution in [1.29, 1.82) is 0 Å². The number of hydrogen-bond donors (Lipinski definition) is 3. The molecule has 0 amide bonds. The van der Waals surface area contributed by atoms with E-state index in [0.717, 1.165) is 31.7 Å². The van der Waals surface area contributed by atoms with Crippen LogP contribution in [0.5, 0.6) is 5.75 Å². The van der Waals surface area contributed by atoms with Crippen molar-refractivity contribution in [1.82, 2.24) is 5.32 Å². The lowest BCUT2D eigenvalue weighted by molar-refractivity contribution is 0.134. The van der Waals surface area contributed by atoms with Crippen molar-refractivity contribution in [2.45, 2.75) is 83.5 Å². The van der Waals surface area contributed by atoms with E-state index >= 15 is 0 Å². The summed E-state index contributed by atoms with van der Waals surface area (Å²) in [5.74, 6) is 7.16. The van der Waals surface area contributed by atoms with Crippen LogP contribution in [0.3, 0.4) is 0 Å². The third-order valence-electron chi connectivity index (χ3n) is 6.68.